The summed E-state index contributed by atoms with van der Waals surface area (Å²) in [6.07, 6.45) is 0. The van der Waals surface area contributed by atoms with E-state index in [1.165, 1.54) is 0 Å². The Hall–Kier alpha value is -3.61. The van der Waals surface area contributed by atoms with Gasteiger partial charge in [0.25, 0.3) is 0 Å². The second-order valence-electron chi connectivity index (χ2n) is 7.45. The van der Waals surface area contributed by atoms with E-state index in [9.17, 15) is 0 Å². The van der Waals surface area contributed by atoms with Crippen molar-refractivity contribution < 1.29 is 0 Å². The van der Waals surface area contributed by atoms with Gasteiger partial charge in [-0.05, 0) is 48.6 Å². The number of hydrogen-bond donors (Lipinski definition) is 2. The molecule has 2 N–H and O–H groups in total. The Morgan fingerprint density at radius 2 is 1.18 bits per heavy atom. The van der Waals surface area contributed by atoms with E-state index in [4.69, 9.17) is 22.2 Å². The zero-order valence-corrected chi connectivity index (χ0v) is 19.9. The molecule has 0 bridgehead atoms. The van der Waals surface area contributed by atoms with Crippen molar-refractivity contribution in [3.63, 3.8) is 0 Å². The van der Waals surface area contributed by atoms with Crippen molar-refractivity contribution in [1.29, 1.82) is 0 Å². The van der Waals surface area contributed by atoms with Gasteiger partial charge in [-0.25, -0.2) is 9.97 Å². The van der Waals surface area contributed by atoms with Gasteiger partial charge in [-0.2, -0.15) is 0 Å². The molecule has 1 aromatic heterocycles. The monoisotopic (exact) mass is 510 g/mol. The van der Waals surface area contributed by atoms with E-state index in [0.29, 0.717) is 5.11 Å². The molecule has 5 aromatic rings. The highest BCUT2D eigenvalue weighted by molar-refractivity contribution is 9.10. The molecule has 0 radical (unpaired) electrons. The third kappa shape index (κ3) is 4.92. The zero-order chi connectivity index (χ0) is 22.6. The van der Waals surface area contributed by atoms with Gasteiger partial charge in [0.15, 0.2) is 5.11 Å². The number of rotatable bonds is 4. The maximum atomic E-state index is 5.50. The summed E-state index contributed by atoms with van der Waals surface area (Å²) >= 11 is 8.97. The molecule has 0 aliphatic heterocycles. The van der Waals surface area contributed by atoms with Crippen LogP contribution in [0.4, 0.5) is 11.4 Å². The van der Waals surface area contributed by atoms with Crippen LogP contribution >= 0.6 is 28.1 Å². The van der Waals surface area contributed by atoms with Gasteiger partial charge < -0.3 is 10.6 Å². The molecule has 0 aliphatic rings. The fourth-order valence-electron chi connectivity index (χ4n) is 3.59. The van der Waals surface area contributed by atoms with Gasteiger partial charge in [0.2, 0.25) is 0 Å². The summed E-state index contributed by atoms with van der Waals surface area (Å²) < 4.78 is 0.985. The molecule has 0 spiro atoms. The molecule has 33 heavy (non-hydrogen) atoms. The molecular formula is C27H19BrN4S. The van der Waals surface area contributed by atoms with E-state index in [1.54, 1.807) is 0 Å². The second-order valence-corrected chi connectivity index (χ2v) is 8.77. The molecule has 4 aromatic carbocycles. The Labute approximate surface area is 205 Å². The first kappa shape index (κ1) is 21.2. The number of nitrogens with one attached hydrogen (secondary N) is 2. The summed E-state index contributed by atoms with van der Waals surface area (Å²) in [6, 6.07) is 34.0. The summed E-state index contributed by atoms with van der Waals surface area (Å²) in [5.41, 5.74) is 7.14. The van der Waals surface area contributed by atoms with Crippen LogP contribution < -0.4 is 10.6 Å². The molecule has 0 saturated heterocycles. The number of aromatic nitrogens is 2. The normalized spacial score (nSPS) is 10.7. The average molecular weight is 511 g/mol. The molecule has 4 nitrogen and oxygen atoms in total. The van der Waals surface area contributed by atoms with E-state index >= 15 is 0 Å². The molecule has 0 fully saturated rings. The van der Waals surface area contributed by atoms with Gasteiger partial charge in [-0.15, -0.1) is 0 Å². The lowest BCUT2D eigenvalue weighted by atomic mass is 10.0. The fraction of sp³-hybridized carbons (Fsp3) is 0. The average Bonchev–Trinajstić information content (AvgIpc) is 2.84. The molecule has 0 saturated carbocycles. The maximum absolute atomic E-state index is 5.50. The first-order valence-electron chi connectivity index (χ1n) is 10.4. The van der Waals surface area contributed by atoms with E-state index in [1.807, 2.05) is 78.9 Å². The summed E-state index contributed by atoms with van der Waals surface area (Å²) in [7, 11) is 0. The van der Waals surface area contributed by atoms with Crippen molar-refractivity contribution in [2.45, 2.75) is 0 Å². The highest BCUT2D eigenvalue weighted by atomic mass is 79.9. The van der Waals surface area contributed by atoms with Crippen LogP contribution in [0.2, 0.25) is 0 Å². The van der Waals surface area contributed by atoms with Crippen LogP contribution in [0.15, 0.2) is 108 Å². The lowest BCUT2D eigenvalue weighted by Gasteiger charge is -2.13. The minimum atomic E-state index is 0.504. The van der Waals surface area contributed by atoms with Gasteiger partial charge >= 0.3 is 0 Å². The van der Waals surface area contributed by atoms with Crippen molar-refractivity contribution in [3.05, 3.63) is 108 Å². The van der Waals surface area contributed by atoms with Crippen LogP contribution in [0.25, 0.3) is 33.5 Å². The number of anilines is 2. The molecular weight excluding hydrogens is 492 g/mol. The molecule has 0 atom stereocenters. The summed E-state index contributed by atoms with van der Waals surface area (Å²) in [5.74, 6) is 0. The van der Waals surface area contributed by atoms with E-state index in [0.717, 1.165) is 49.4 Å². The van der Waals surface area contributed by atoms with E-state index < -0.39 is 0 Å². The predicted molar refractivity (Wildman–Crippen MR) is 144 cm³/mol. The number of halogens is 1. The molecule has 5 rings (SSSR count). The SMILES string of the molecule is S=C(Nc1cccc(Br)c1)Nc1ccc2nc(-c3ccccc3)c(-c3ccccc3)nc2c1. The number of fused-ring (bicyclic) bond motifs is 1. The van der Waals surface area contributed by atoms with Gasteiger partial charge in [0.1, 0.15) is 0 Å². The Bertz CT molecular complexity index is 1440. The molecule has 1 heterocycles. The van der Waals surface area contributed by atoms with Crippen molar-refractivity contribution >= 4 is 55.7 Å². The topological polar surface area (TPSA) is 49.8 Å². The molecule has 6 heteroatoms. The van der Waals surface area contributed by atoms with Crippen LogP contribution in [-0.2, 0) is 0 Å². The summed E-state index contributed by atoms with van der Waals surface area (Å²) in [5, 5.41) is 6.95. The van der Waals surface area contributed by atoms with Crippen LogP contribution in [0, 0.1) is 0 Å². The predicted octanol–water partition coefficient (Wildman–Crippen LogP) is 7.54. The number of nitrogens with zero attached hydrogens (tertiary/aromatic N) is 2. The highest BCUT2D eigenvalue weighted by Gasteiger charge is 2.13. The Kier molecular flexibility index (Phi) is 6.11. The minimum Gasteiger partial charge on any atom is -0.332 e. The second kappa shape index (κ2) is 9.48. The van der Waals surface area contributed by atoms with E-state index in [-0.39, 0.29) is 0 Å². The van der Waals surface area contributed by atoms with Crippen molar-refractivity contribution in [2.75, 3.05) is 10.6 Å². The summed E-state index contributed by atoms with van der Waals surface area (Å²) in [4.78, 5) is 9.99. The lowest BCUT2D eigenvalue weighted by Crippen LogP contribution is -2.19. The largest absolute Gasteiger partial charge is 0.332 e. The van der Waals surface area contributed by atoms with Gasteiger partial charge in [0.05, 0.1) is 22.4 Å². The zero-order valence-electron chi connectivity index (χ0n) is 17.5. The fourth-order valence-corrected chi connectivity index (χ4v) is 4.22. The Morgan fingerprint density at radius 1 is 0.606 bits per heavy atom. The third-order valence-corrected chi connectivity index (χ3v) is 5.80. The molecule has 160 valence electrons. The van der Waals surface area contributed by atoms with Crippen LogP contribution in [0.3, 0.4) is 0 Å². The number of benzene rings is 4. The standard InChI is InChI=1S/C27H19BrN4S/c28-20-12-7-13-21(16-20)29-27(33)30-22-14-15-23-24(17-22)32-26(19-10-5-2-6-11-19)25(31-23)18-8-3-1-4-9-18/h1-17H,(H2,29,30,33). The molecule has 0 unspecified atom stereocenters. The van der Waals surface area contributed by atoms with Gasteiger partial charge in [0, 0.05) is 27.0 Å². The highest BCUT2D eigenvalue weighted by Crippen LogP contribution is 2.31. The molecule has 0 aliphatic carbocycles. The van der Waals surface area contributed by atoms with Crippen molar-refractivity contribution in [2.24, 2.45) is 0 Å². The van der Waals surface area contributed by atoms with Crippen molar-refractivity contribution in [3.8, 4) is 22.5 Å². The van der Waals surface area contributed by atoms with Crippen LogP contribution in [0.1, 0.15) is 0 Å². The Balaban J connectivity index is 1.51. The quantitative estimate of drug-likeness (QED) is 0.244. The van der Waals surface area contributed by atoms with Crippen molar-refractivity contribution in [1.82, 2.24) is 9.97 Å². The van der Waals surface area contributed by atoms with Gasteiger partial charge in [-0.1, -0.05) is 82.7 Å². The number of thiocarbonyl (C=S) groups is 1. The molecule has 0 amide bonds. The van der Waals surface area contributed by atoms with Crippen LogP contribution in [-0.4, -0.2) is 15.1 Å². The number of hydrogen-bond acceptors (Lipinski definition) is 3. The first-order valence-corrected chi connectivity index (χ1v) is 11.6. The Morgan fingerprint density at radius 3 is 1.79 bits per heavy atom. The third-order valence-electron chi connectivity index (χ3n) is 5.10. The first-order chi connectivity index (χ1) is 16.2. The van der Waals surface area contributed by atoms with Crippen LogP contribution in [0.5, 0.6) is 0 Å². The summed E-state index contributed by atoms with van der Waals surface area (Å²) in [6.45, 7) is 0. The smallest absolute Gasteiger partial charge is 0.175 e. The lowest BCUT2D eigenvalue weighted by molar-refractivity contribution is 1.29. The van der Waals surface area contributed by atoms with E-state index in [2.05, 4.69) is 50.8 Å². The minimum absolute atomic E-state index is 0.504. The maximum Gasteiger partial charge on any atom is 0.175 e. The van der Waals surface area contributed by atoms with Gasteiger partial charge in [-0.3, -0.25) is 0 Å².